The van der Waals surface area contributed by atoms with Crippen molar-refractivity contribution in [3.05, 3.63) is 375 Å². The summed E-state index contributed by atoms with van der Waals surface area (Å²) in [6, 6.07) is 138. The molecule has 512 valence electrons. The van der Waals surface area contributed by atoms with E-state index >= 15 is 0 Å². The zero-order valence-electron chi connectivity index (χ0n) is 61.6. The molecule has 0 fully saturated rings. The summed E-state index contributed by atoms with van der Waals surface area (Å²) in [6.07, 6.45) is 0. The van der Waals surface area contributed by atoms with E-state index in [0.29, 0.717) is 0 Å². The fourth-order valence-electron chi connectivity index (χ4n) is 17.9. The molecule has 2 aliphatic heterocycles. The molecule has 0 amide bonds. The molecule has 18 aromatic rings. The van der Waals surface area contributed by atoms with Crippen LogP contribution in [0.2, 0.25) is 0 Å². The maximum Gasteiger partial charge on any atom is 0.252 e. The van der Waals surface area contributed by atoms with Crippen molar-refractivity contribution in [3.8, 4) is 83.6 Å². The maximum absolute atomic E-state index is 2.70. The number of para-hydroxylation sites is 2. The zero-order valence-corrected chi connectivity index (χ0v) is 61.6. The number of fused-ring (bicyclic) bond motifs is 10. The average Bonchev–Trinajstić information content (AvgIpc) is 0.731. The van der Waals surface area contributed by atoms with Crippen molar-refractivity contribution in [3.63, 3.8) is 0 Å². The fraction of sp³-hybridized carbons (Fsp3) is 0.0769. The SMILES string of the molecule is CC(C)(C)c1cc(-c2ccccc2)c(N2c3cc(-c4c5ccccc5c(-c5ccc(-c6cccc7ccccc67)cc5)c5ccccc45)ccc3B3c4ccc(-n5c6ccccc6c6ccccc65)cc4N(c4c(-c5ccccc5)cc(C(C)(C)C)cc4-c4ccccc4)c4cccc2c43)c(-c2ccccc2)c1. The molecule has 3 nitrogen and oxygen atoms in total. The van der Waals surface area contributed by atoms with Crippen molar-refractivity contribution >= 4 is 111 Å². The number of nitrogens with zero attached hydrogens (tertiary/aromatic N) is 3. The molecule has 0 atom stereocenters. The summed E-state index contributed by atoms with van der Waals surface area (Å²) in [5.74, 6) is 0. The Hall–Kier alpha value is -13.0. The van der Waals surface area contributed by atoms with Crippen molar-refractivity contribution in [2.24, 2.45) is 0 Å². The highest BCUT2D eigenvalue weighted by Gasteiger charge is 2.46. The molecule has 0 N–H and O–H groups in total. The molecule has 1 aromatic heterocycles. The van der Waals surface area contributed by atoms with Crippen LogP contribution in [0.25, 0.3) is 138 Å². The van der Waals surface area contributed by atoms with E-state index in [2.05, 4.69) is 420 Å². The van der Waals surface area contributed by atoms with Crippen LogP contribution in [0.1, 0.15) is 52.7 Å². The topological polar surface area (TPSA) is 11.4 Å². The Bertz CT molecular complexity index is 6380. The van der Waals surface area contributed by atoms with Crippen LogP contribution in [-0.4, -0.2) is 11.3 Å². The Balaban J connectivity index is 0.902. The molecule has 0 unspecified atom stereocenters. The number of anilines is 6. The number of aromatic nitrogens is 1. The second-order valence-electron chi connectivity index (χ2n) is 31.4. The van der Waals surface area contributed by atoms with Crippen LogP contribution in [0, 0.1) is 0 Å². The van der Waals surface area contributed by atoms with Crippen molar-refractivity contribution < 1.29 is 0 Å². The number of hydrogen-bond acceptors (Lipinski definition) is 2. The van der Waals surface area contributed by atoms with E-state index in [1.165, 1.54) is 132 Å². The lowest BCUT2D eigenvalue weighted by Crippen LogP contribution is -2.61. The third-order valence-corrected chi connectivity index (χ3v) is 23.0. The molecule has 3 heterocycles. The molecule has 0 aliphatic carbocycles. The summed E-state index contributed by atoms with van der Waals surface area (Å²) in [6.45, 7) is 13.9. The van der Waals surface area contributed by atoms with Crippen LogP contribution < -0.4 is 26.2 Å². The normalized spacial score (nSPS) is 12.7. The molecule has 2 aliphatic rings. The lowest BCUT2D eigenvalue weighted by atomic mass is 9.33. The molecule has 0 saturated heterocycles. The minimum atomic E-state index is -0.231. The molecule has 17 aromatic carbocycles. The third-order valence-electron chi connectivity index (χ3n) is 23.0. The summed E-state index contributed by atoms with van der Waals surface area (Å²) in [5, 5.41) is 9.79. The van der Waals surface area contributed by atoms with Gasteiger partial charge in [0.15, 0.2) is 0 Å². The Kier molecular flexibility index (Phi) is 15.2. The van der Waals surface area contributed by atoms with Crippen molar-refractivity contribution in [1.29, 1.82) is 0 Å². The standard InChI is InChI=1S/C104H78BN3/c1-103(2,3)75-62-86(68-31-11-7-12-32-68)101(87(63-75)69-33-13-8-14-34-69)107-94-51-30-52-95-100(94)105(90-59-57-74(61-96(90)107)99-84-46-23-21-44-82(84)98(83-45-22-24-47-85(83)99)73-55-53-72(54-56-73)79-48-29-40-67-39-19-20-41-78(67)79)91-60-58-77(106-92-49-27-25-42-80(92)81-43-26-28-50-93(81)106)66-97(91)108(95)102-88(70-35-15-9-16-36-70)64-76(104(4,5)6)65-89(102)71-37-17-10-18-38-71/h7-66H,1-6H3. The highest BCUT2D eigenvalue weighted by Crippen LogP contribution is 2.56. The molecular weight excluding hydrogens is 1300 g/mol. The summed E-state index contributed by atoms with van der Waals surface area (Å²) in [7, 11) is 0. The third kappa shape index (κ3) is 10.5. The lowest BCUT2D eigenvalue weighted by molar-refractivity contribution is 0.590. The second-order valence-corrected chi connectivity index (χ2v) is 31.4. The van der Waals surface area contributed by atoms with E-state index < -0.39 is 0 Å². The Morgan fingerprint density at radius 1 is 0.241 bits per heavy atom. The first kappa shape index (κ1) is 64.6. The van der Waals surface area contributed by atoms with Crippen LogP contribution in [0.3, 0.4) is 0 Å². The van der Waals surface area contributed by atoms with E-state index in [1.807, 2.05) is 0 Å². The first-order valence-corrected chi connectivity index (χ1v) is 38.0. The van der Waals surface area contributed by atoms with Gasteiger partial charge in [0.05, 0.1) is 22.4 Å². The number of rotatable bonds is 10. The van der Waals surface area contributed by atoms with Crippen molar-refractivity contribution in [2.45, 2.75) is 52.4 Å². The highest BCUT2D eigenvalue weighted by atomic mass is 15.2. The maximum atomic E-state index is 2.70. The predicted octanol–water partition coefficient (Wildman–Crippen LogP) is 26.6. The van der Waals surface area contributed by atoms with Crippen molar-refractivity contribution in [2.75, 3.05) is 9.80 Å². The van der Waals surface area contributed by atoms with Gasteiger partial charge in [0.2, 0.25) is 0 Å². The van der Waals surface area contributed by atoms with Gasteiger partial charge >= 0.3 is 0 Å². The summed E-state index contributed by atoms with van der Waals surface area (Å²) >= 11 is 0. The predicted molar refractivity (Wildman–Crippen MR) is 463 cm³/mol. The fourth-order valence-corrected chi connectivity index (χ4v) is 17.9. The van der Waals surface area contributed by atoms with Gasteiger partial charge in [-0.2, -0.15) is 0 Å². The number of hydrogen-bond donors (Lipinski definition) is 0. The van der Waals surface area contributed by atoms with Gasteiger partial charge in [-0.25, -0.2) is 0 Å². The van der Waals surface area contributed by atoms with Gasteiger partial charge in [0, 0.05) is 61.5 Å². The molecular formula is C104H78BN3. The minimum Gasteiger partial charge on any atom is -0.310 e. The van der Waals surface area contributed by atoms with Gasteiger partial charge in [-0.1, -0.05) is 339 Å². The molecule has 4 heteroatoms. The van der Waals surface area contributed by atoms with Crippen LogP contribution in [0.15, 0.2) is 364 Å². The smallest absolute Gasteiger partial charge is 0.252 e. The van der Waals surface area contributed by atoms with E-state index in [0.717, 1.165) is 67.6 Å². The first-order chi connectivity index (χ1) is 52.9. The Labute approximate surface area is 632 Å². The largest absolute Gasteiger partial charge is 0.310 e. The van der Waals surface area contributed by atoms with Gasteiger partial charge < -0.3 is 14.4 Å². The second kappa shape index (κ2) is 25.4. The van der Waals surface area contributed by atoms with Gasteiger partial charge in [-0.3, -0.25) is 0 Å². The molecule has 0 saturated carbocycles. The highest BCUT2D eigenvalue weighted by molar-refractivity contribution is 7.00. The van der Waals surface area contributed by atoms with Gasteiger partial charge in [-0.15, -0.1) is 0 Å². The molecule has 0 radical (unpaired) electrons. The molecule has 20 rings (SSSR count). The van der Waals surface area contributed by atoms with E-state index in [1.54, 1.807) is 0 Å². The van der Waals surface area contributed by atoms with E-state index in [-0.39, 0.29) is 17.5 Å². The summed E-state index contributed by atoms with van der Waals surface area (Å²) < 4.78 is 2.50. The van der Waals surface area contributed by atoms with E-state index in [9.17, 15) is 0 Å². The van der Waals surface area contributed by atoms with Gasteiger partial charge in [0.25, 0.3) is 6.71 Å². The molecule has 0 spiro atoms. The quantitative estimate of drug-likeness (QED) is 0.0999. The Morgan fingerprint density at radius 3 is 1.04 bits per heavy atom. The Morgan fingerprint density at radius 2 is 0.583 bits per heavy atom. The van der Waals surface area contributed by atoms with E-state index in [4.69, 9.17) is 0 Å². The van der Waals surface area contributed by atoms with Crippen LogP contribution in [-0.2, 0) is 10.8 Å². The first-order valence-electron chi connectivity index (χ1n) is 38.0. The number of benzene rings is 17. The lowest BCUT2D eigenvalue weighted by Gasteiger charge is -2.46. The summed E-state index contributed by atoms with van der Waals surface area (Å²) in [4.78, 5) is 5.39. The van der Waals surface area contributed by atoms with Gasteiger partial charge in [-0.05, 0) is 193 Å². The zero-order chi connectivity index (χ0) is 72.5. The van der Waals surface area contributed by atoms with Crippen LogP contribution in [0.4, 0.5) is 34.1 Å². The molecule has 108 heavy (non-hydrogen) atoms. The minimum absolute atomic E-state index is 0.184. The molecule has 0 bridgehead atoms. The average molecular weight is 1380 g/mol. The van der Waals surface area contributed by atoms with Crippen molar-refractivity contribution in [1.82, 2.24) is 4.57 Å². The summed E-state index contributed by atoms with van der Waals surface area (Å²) in [5.41, 5.74) is 32.6. The van der Waals surface area contributed by atoms with Crippen LogP contribution in [0.5, 0.6) is 0 Å². The monoisotopic (exact) mass is 1380 g/mol. The van der Waals surface area contributed by atoms with Crippen LogP contribution >= 0.6 is 0 Å². The van der Waals surface area contributed by atoms with Gasteiger partial charge in [0.1, 0.15) is 0 Å².